The molecule has 0 radical (unpaired) electrons. The molecule has 128 valence electrons. The number of unbranched alkanes of at least 4 members (excludes halogenated alkanes) is 1. The van der Waals surface area contributed by atoms with Crippen molar-refractivity contribution >= 4 is 44.1 Å². The number of halogens is 1. The molecule has 0 fully saturated rings. The first kappa shape index (κ1) is 16.6. The number of hydrogen-bond acceptors (Lipinski definition) is 3. The van der Waals surface area contributed by atoms with Crippen LogP contribution in [-0.4, -0.2) is 16.5 Å². The van der Waals surface area contributed by atoms with Gasteiger partial charge in [0, 0.05) is 15.9 Å². The van der Waals surface area contributed by atoms with Gasteiger partial charge in [-0.2, -0.15) is 0 Å². The summed E-state index contributed by atoms with van der Waals surface area (Å²) in [5.41, 5.74) is 11.5. The number of para-hydroxylation sites is 1. The molecule has 0 aliphatic heterocycles. The smallest absolute Gasteiger partial charge is 0.141 e. The zero-order valence-corrected chi connectivity index (χ0v) is 15.7. The number of thiazole rings is 1. The molecule has 2 aromatic heterocycles. The third-order valence-electron chi connectivity index (χ3n) is 4.57. The Kier molecular flexibility index (Phi) is 4.50. The van der Waals surface area contributed by atoms with Gasteiger partial charge in [0.15, 0.2) is 0 Å². The molecule has 3 nitrogen and oxygen atoms in total. The number of nitrogens with zero attached hydrogens (tertiary/aromatic N) is 1. The minimum atomic E-state index is 0.721. The molecule has 0 aliphatic carbocycles. The lowest BCUT2D eigenvalue weighted by molar-refractivity contribution is 0.748. The SMILES string of the molecule is Cc1cc(Cl)cc2c(CCCCN)c(-c3nc4ccccc4s3)[nH]c12. The van der Waals surface area contributed by atoms with Crippen LogP contribution in [-0.2, 0) is 6.42 Å². The lowest BCUT2D eigenvalue weighted by Crippen LogP contribution is -1.99. The van der Waals surface area contributed by atoms with E-state index in [1.807, 2.05) is 12.1 Å². The fraction of sp³-hybridized carbons (Fsp3) is 0.250. The van der Waals surface area contributed by atoms with Gasteiger partial charge in [0.25, 0.3) is 0 Å². The molecule has 0 unspecified atom stereocenters. The highest BCUT2D eigenvalue weighted by Gasteiger charge is 2.18. The molecule has 5 heteroatoms. The molecule has 2 heterocycles. The van der Waals surface area contributed by atoms with Crippen LogP contribution in [0.25, 0.3) is 31.8 Å². The number of hydrogen-bond donors (Lipinski definition) is 2. The fourth-order valence-corrected chi connectivity index (χ4v) is 4.62. The standard InChI is InChI=1S/C20H20ClN3S/c1-12-10-13(21)11-15-14(6-4-5-9-22)19(24-18(12)15)20-23-16-7-2-3-8-17(16)25-20/h2-3,7-8,10-11,24H,4-6,9,22H2,1H3. The summed E-state index contributed by atoms with van der Waals surface area (Å²) in [6.07, 6.45) is 3.06. The molecule has 4 aromatic rings. The van der Waals surface area contributed by atoms with Crippen LogP contribution in [0, 0.1) is 6.92 Å². The normalized spacial score (nSPS) is 11.6. The molecule has 2 aromatic carbocycles. The number of benzene rings is 2. The van der Waals surface area contributed by atoms with Crippen molar-refractivity contribution in [3.8, 4) is 10.7 Å². The van der Waals surface area contributed by atoms with Gasteiger partial charge in [-0.25, -0.2) is 4.98 Å². The van der Waals surface area contributed by atoms with Crippen LogP contribution in [0.3, 0.4) is 0 Å². The number of H-pyrrole nitrogens is 1. The van der Waals surface area contributed by atoms with Gasteiger partial charge in [-0.05, 0) is 68.1 Å². The number of aromatic amines is 1. The van der Waals surface area contributed by atoms with E-state index in [9.17, 15) is 0 Å². The average Bonchev–Trinajstić information content (AvgIpc) is 3.17. The minimum Gasteiger partial charge on any atom is -0.352 e. The zero-order chi connectivity index (χ0) is 17.4. The maximum absolute atomic E-state index is 6.33. The van der Waals surface area contributed by atoms with Crippen LogP contribution < -0.4 is 5.73 Å². The molecule has 0 saturated heterocycles. The van der Waals surface area contributed by atoms with Gasteiger partial charge in [0.1, 0.15) is 5.01 Å². The van der Waals surface area contributed by atoms with E-state index in [1.165, 1.54) is 15.6 Å². The van der Waals surface area contributed by atoms with Crippen molar-refractivity contribution in [1.82, 2.24) is 9.97 Å². The summed E-state index contributed by atoms with van der Waals surface area (Å²) in [7, 11) is 0. The van der Waals surface area contributed by atoms with Crippen LogP contribution in [0.15, 0.2) is 36.4 Å². The van der Waals surface area contributed by atoms with Gasteiger partial charge in [0.2, 0.25) is 0 Å². The summed E-state index contributed by atoms with van der Waals surface area (Å²) in [5, 5.41) is 3.02. The molecule has 0 amide bonds. The van der Waals surface area contributed by atoms with Crippen molar-refractivity contribution < 1.29 is 0 Å². The average molecular weight is 370 g/mol. The van der Waals surface area contributed by atoms with Crippen molar-refractivity contribution in [2.24, 2.45) is 5.73 Å². The number of aromatic nitrogens is 2. The predicted molar refractivity (Wildman–Crippen MR) is 109 cm³/mol. The Bertz CT molecular complexity index is 1010. The predicted octanol–water partition coefficient (Wildman–Crippen LogP) is 5.69. The summed E-state index contributed by atoms with van der Waals surface area (Å²) < 4.78 is 1.21. The van der Waals surface area contributed by atoms with Crippen LogP contribution in [0.4, 0.5) is 0 Å². The Morgan fingerprint density at radius 2 is 2.04 bits per heavy atom. The first-order valence-electron chi connectivity index (χ1n) is 8.54. The second-order valence-electron chi connectivity index (χ2n) is 6.36. The molecular weight excluding hydrogens is 350 g/mol. The number of nitrogens with two attached hydrogens (primary N) is 1. The van der Waals surface area contributed by atoms with Crippen molar-refractivity contribution in [2.75, 3.05) is 6.54 Å². The Morgan fingerprint density at radius 3 is 2.84 bits per heavy atom. The van der Waals surface area contributed by atoms with E-state index >= 15 is 0 Å². The van der Waals surface area contributed by atoms with Gasteiger partial charge >= 0.3 is 0 Å². The molecule has 3 N–H and O–H groups in total. The summed E-state index contributed by atoms with van der Waals surface area (Å²) >= 11 is 8.06. The van der Waals surface area contributed by atoms with Crippen molar-refractivity contribution in [1.29, 1.82) is 0 Å². The minimum absolute atomic E-state index is 0.721. The molecular formula is C20H20ClN3S. The highest BCUT2D eigenvalue weighted by atomic mass is 35.5. The monoisotopic (exact) mass is 369 g/mol. The fourth-order valence-electron chi connectivity index (χ4n) is 3.35. The van der Waals surface area contributed by atoms with Gasteiger partial charge in [-0.15, -0.1) is 11.3 Å². The molecule has 0 saturated carbocycles. The van der Waals surface area contributed by atoms with E-state index in [0.717, 1.165) is 58.1 Å². The Morgan fingerprint density at radius 1 is 1.20 bits per heavy atom. The second-order valence-corrected chi connectivity index (χ2v) is 7.82. The van der Waals surface area contributed by atoms with E-state index in [2.05, 4.69) is 36.2 Å². The first-order chi connectivity index (χ1) is 12.2. The third-order valence-corrected chi connectivity index (χ3v) is 5.84. The summed E-state index contributed by atoms with van der Waals surface area (Å²) in [4.78, 5) is 8.47. The van der Waals surface area contributed by atoms with Gasteiger partial charge in [-0.3, -0.25) is 0 Å². The molecule has 0 bridgehead atoms. The maximum Gasteiger partial charge on any atom is 0.141 e. The van der Waals surface area contributed by atoms with Gasteiger partial charge in [0.05, 0.1) is 15.9 Å². The second kappa shape index (κ2) is 6.79. The molecule has 0 atom stereocenters. The highest BCUT2D eigenvalue weighted by molar-refractivity contribution is 7.21. The van der Waals surface area contributed by atoms with Crippen molar-refractivity contribution in [2.45, 2.75) is 26.2 Å². The topological polar surface area (TPSA) is 54.7 Å². The van der Waals surface area contributed by atoms with Crippen LogP contribution >= 0.6 is 22.9 Å². The van der Waals surface area contributed by atoms with E-state index in [4.69, 9.17) is 22.3 Å². The summed E-state index contributed by atoms with van der Waals surface area (Å²) in [6, 6.07) is 12.3. The lowest BCUT2D eigenvalue weighted by Gasteiger charge is -2.03. The quantitative estimate of drug-likeness (QED) is 0.444. The van der Waals surface area contributed by atoms with Crippen molar-refractivity contribution in [3.05, 3.63) is 52.5 Å². The number of aryl methyl sites for hydroxylation is 2. The van der Waals surface area contributed by atoms with Crippen LogP contribution in [0.5, 0.6) is 0 Å². The maximum atomic E-state index is 6.33. The van der Waals surface area contributed by atoms with E-state index in [0.29, 0.717) is 0 Å². The number of fused-ring (bicyclic) bond motifs is 2. The third kappa shape index (κ3) is 3.06. The first-order valence-corrected chi connectivity index (χ1v) is 9.73. The van der Waals surface area contributed by atoms with E-state index in [-0.39, 0.29) is 0 Å². The van der Waals surface area contributed by atoms with E-state index in [1.54, 1.807) is 11.3 Å². The Labute approximate surface area is 155 Å². The number of rotatable bonds is 5. The summed E-state index contributed by atoms with van der Waals surface area (Å²) in [5.74, 6) is 0. The molecule has 4 rings (SSSR count). The zero-order valence-electron chi connectivity index (χ0n) is 14.1. The number of nitrogens with one attached hydrogen (secondary N) is 1. The van der Waals surface area contributed by atoms with Gasteiger partial charge < -0.3 is 10.7 Å². The largest absolute Gasteiger partial charge is 0.352 e. The molecule has 25 heavy (non-hydrogen) atoms. The van der Waals surface area contributed by atoms with Crippen LogP contribution in [0.2, 0.25) is 5.02 Å². The van der Waals surface area contributed by atoms with E-state index < -0.39 is 0 Å². The van der Waals surface area contributed by atoms with Crippen molar-refractivity contribution in [3.63, 3.8) is 0 Å². The Hall–Kier alpha value is -1.88. The highest BCUT2D eigenvalue weighted by Crippen LogP contribution is 2.37. The molecule has 0 spiro atoms. The Balaban J connectivity index is 1.91. The molecule has 0 aliphatic rings. The van der Waals surface area contributed by atoms with Crippen LogP contribution in [0.1, 0.15) is 24.0 Å². The lowest BCUT2D eigenvalue weighted by atomic mass is 10.0. The van der Waals surface area contributed by atoms with Gasteiger partial charge in [-0.1, -0.05) is 23.7 Å². The summed E-state index contributed by atoms with van der Waals surface area (Å²) in [6.45, 7) is 2.81.